The number of halogens is 1. The molecule has 3 heteroatoms. The smallest absolute Gasteiger partial charge is 0.123 e. The van der Waals surface area contributed by atoms with E-state index in [0.29, 0.717) is 12.0 Å². The highest BCUT2D eigenvalue weighted by atomic mass is 35.5. The Labute approximate surface area is 108 Å². The highest BCUT2D eigenvalue weighted by Gasteiger charge is 2.17. The van der Waals surface area contributed by atoms with Gasteiger partial charge in [-0.3, -0.25) is 0 Å². The second-order valence-electron chi connectivity index (χ2n) is 4.92. The summed E-state index contributed by atoms with van der Waals surface area (Å²) >= 11 is 6.04. The summed E-state index contributed by atoms with van der Waals surface area (Å²) in [5, 5.41) is 4.14. The molecular weight excluding hydrogens is 234 g/mol. The number of hydrogen-bond acceptors (Lipinski definition) is 2. The van der Waals surface area contributed by atoms with E-state index in [-0.39, 0.29) is 0 Å². The first-order valence-electron chi connectivity index (χ1n) is 6.33. The minimum atomic E-state index is 0.294. The van der Waals surface area contributed by atoms with Crippen LogP contribution in [-0.4, -0.2) is 19.2 Å². The summed E-state index contributed by atoms with van der Waals surface area (Å²) in [7, 11) is 0. The molecule has 0 bridgehead atoms. The lowest BCUT2D eigenvalue weighted by Gasteiger charge is -2.25. The van der Waals surface area contributed by atoms with Gasteiger partial charge in [0.1, 0.15) is 11.9 Å². The highest BCUT2D eigenvalue weighted by Crippen LogP contribution is 2.30. The largest absolute Gasteiger partial charge is 0.489 e. The predicted molar refractivity (Wildman–Crippen MR) is 72.1 cm³/mol. The molecule has 1 fully saturated rings. The Morgan fingerprint density at radius 3 is 2.88 bits per heavy atom. The van der Waals surface area contributed by atoms with Gasteiger partial charge >= 0.3 is 0 Å². The first kappa shape index (κ1) is 12.7. The van der Waals surface area contributed by atoms with Gasteiger partial charge in [0, 0.05) is 11.6 Å². The maximum Gasteiger partial charge on any atom is 0.123 e. The molecule has 94 valence electrons. The summed E-state index contributed by atoms with van der Waals surface area (Å²) in [6.07, 6.45) is 2.62. The number of hydrogen-bond donors (Lipinski definition) is 1. The molecule has 17 heavy (non-hydrogen) atoms. The second-order valence-corrected chi connectivity index (χ2v) is 5.36. The first-order chi connectivity index (χ1) is 8.16. The van der Waals surface area contributed by atoms with Crippen molar-refractivity contribution in [3.05, 3.63) is 28.8 Å². The van der Waals surface area contributed by atoms with E-state index in [9.17, 15) is 0 Å². The van der Waals surface area contributed by atoms with Gasteiger partial charge < -0.3 is 10.1 Å². The molecule has 1 heterocycles. The van der Waals surface area contributed by atoms with E-state index < -0.39 is 0 Å². The van der Waals surface area contributed by atoms with Crippen molar-refractivity contribution < 1.29 is 4.74 Å². The van der Waals surface area contributed by atoms with Gasteiger partial charge in [-0.25, -0.2) is 0 Å². The van der Waals surface area contributed by atoms with E-state index >= 15 is 0 Å². The Bertz CT molecular complexity index is 372. The molecule has 1 aliphatic rings. The molecule has 0 radical (unpaired) electrons. The van der Waals surface area contributed by atoms with Gasteiger partial charge in [0.05, 0.1) is 0 Å². The van der Waals surface area contributed by atoms with E-state index in [1.54, 1.807) is 0 Å². The number of benzene rings is 1. The van der Waals surface area contributed by atoms with Crippen LogP contribution < -0.4 is 10.1 Å². The minimum Gasteiger partial charge on any atom is -0.489 e. The van der Waals surface area contributed by atoms with E-state index in [0.717, 1.165) is 30.3 Å². The van der Waals surface area contributed by atoms with Gasteiger partial charge in [-0.2, -0.15) is 0 Å². The normalized spacial score (nSPS) is 20.6. The van der Waals surface area contributed by atoms with Gasteiger partial charge in [0.2, 0.25) is 0 Å². The average molecular weight is 254 g/mol. The Kier molecular flexibility index (Phi) is 4.30. The maximum absolute atomic E-state index is 6.08. The predicted octanol–water partition coefficient (Wildman–Crippen LogP) is 3.59. The zero-order chi connectivity index (χ0) is 12.3. The van der Waals surface area contributed by atoms with Gasteiger partial charge in [-0.05, 0) is 49.1 Å². The van der Waals surface area contributed by atoms with Gasteiger partial charge in [-0.15, -0.1) is 0 Å². The summed E-state index contributed by atoms with van der Waals surface area (Å²) in [6.45, 7) is 6.38. The Morgan fingerprint density at radius 1 is 1.41 bits per heavy atom. The van der Waals surface area contributed by atoms with Crippen LogP contribution in [0.5, 0.6) is 5.75 Å². The van der Waals surface area contributed by atoms with Crippen LogP contribution in [0.4, 0.5) is 0 Å². The lowest BCUT2D eigenvalue weighted by molar-refractivity contribution is 0.165. The number of piperidine rings is 1. The summed E-state index contributed by atoms with van der Waals surface area (Å²) in [5.74, 6) is 1.42. The zero-order valence-electron chi connectivity index (χ0n) is 10.5. The third-order valence-electron chi connectivity index (χ3n) is 3.14. The zero-order valence-corrected chi connectivity index (χ0v) is 11.3. The molecule has 1 aromatic rings. The van der Waals surface area contributed by atoms with Crippen molar-refractivity contribution >= 4 is 11.6 Å². The summed E-state index contributed by atoms with van der Waals surface area (Å²) in [5.41, 5.74) is 1.20. The van der Waals surface area contributed by atoms with Crippen LogP contribution in [0.3, 0.4) is 0 Å². The molecule has 0 amide bonds. The monoisotopic (exact) mass is 253 g/mol. The molecule has 0 saturated carbocycles. The van der Waals surface area contributed by atoms with Gasteiger partial charge in [0.25, 0.3) is 0 Å². The molecular formula is C14H20ClNO. The van der Waals surface area contributed by atoms with Crippen LogP contribution in [0.2, 0.25) is 5.02 Å². The fourth-order valence-corrected chi connectivity index (χ4v) is 2.36. The highest BCUT2D eigenvalue weighted by molar-refractivity contribution is 6.30. The van der Waals surface area contributed by atoms with E-state index in [1.807, 2.05) is 18.2 Å². The first-order valence-corrected chi connectivity index (χ1v) is 6.71. The Hall–Kier alpha value is -0.730. The summed E-state index contributed by atoms with van der Waals surface area (Å²) in [6, 6.07) is 5.91. The SMILES string of the molecule is CC(C)c1cc(Cl)ccc1OC1CCCNC1. The quantitative estimate of drug-likeness (QED) is 0.889. The van der Waals surface area contributed by atoms with Crippen LogP contribution >= 0.6 is 11.6 Å². The van der Waals surface area contributed by atoms with Crippen molar-refractivity contribution in [3.63, 3.8) is 0 Å². The number of rotatable bonds is 3. The van der Waals surface area contributed by atoms with Crippen LogP contribution in [-0.2, 0) is 0 Å². The molecule has 2 rings (SSSR count). The molecule has 0 aromatic heterocycles. The molecule has 1 N–H and O–H groups in total. The minimum absolute atomic E-state index is 0.294. The average Bonchev–Trinajstić information content (AvgIpc) is 2.32. The van der Waals surface area contributed by atoms with Crippen molar-refractivity contribution in [1.29, 1.82) is 0 Å². The van der Waals surface area contributed by atoms with Gasteiger partial charge in [-0.1, -0.05) is 25.4 Å². The van der Waals surface area contributed by atoms with Crippen molar-refractivity contribution in [1.82, 2.24) is 5.32 Å². The fourth-order valence-electron chi connectivity index (χ4n) is 2.18. The molecule has 0 aliphatic carbocycles. The van der Waals surface area contributed by atoms with Crippen molar-refractivity contribution in [2.75, 3.05) is 13.1 Å². The summed E-state index contributed by atoms with van der Waals surface area (Å²) < 4.78 is 6.08. The summed E-state index contributed by atoms with van der Waals surface area (Å²) in [4.78, 5) is 0. The fraction of sp³-hybridized carbons (Fsp3) is 0.571. The van der Waals surface area contributed by atoms with Crippen LogP contribution in [0.25, 0.3) is 0 Å². The van der Waals surface area contributed by atoms with E-state index in [1.165, 1.54) is 12.0 Å². The van der Waals surface area contributed by atoms with Crippen LogP contribution in [0.1, 0.15) is 38.2 Å². The number of ether oxygens (including phenoxy) is 1. The second kappa shape index (κ2) is 5.74. The Balaban J connectivity index is 2.13. The molecule has 0 spiro atoms. The molecule has 1 atom stereocenters. The van der Waals surface area contributed by atoms with Crippen LogP contribution in [0, 0.1) is 0 Å². The van der Waals surface area contributed by atoms with E-state index in [2.05, 4.69) is 19.2 Å². The molecule has 2 nitrogen and oxygen atoms in total. The van der Waals surface area contributed by atoms with Crippen molar-refractivity contribution in [2.24, 2.45) is 0 Å². The lowest BCUT2D eigenvalue weighted by Crippen LogP contribution is -2.37. The number of nitrogens with one attached hydrogen (secondary N) is 1. The third-order valence-corrected chi connectivity index (χ3v) is 3.37. The Morgan fingerprint density at radius 2 is 2.24 bits per heavy atom. The van der Waals surface area contributed by atoms with Crippen molar-refractivity contribution in [2.45, 2.75) is 38.7 Å². The standard InChI is InChI=1S/C14H20ClNO/c1-10(2)13-8-11(15)5-6-14(13)17-12-4-3-7-16-9-12/h5-6,8,10,12,16H,3-4,7,9H2,1-2H3. The topological polar surface area (TPSA) is 21.3 Å². The van der Waals surface area contributed by atoms with Crippen molar-refractivity contribution in [3.8, 4) is 5.75 Å². The molecule has 1 aromatic carbocycles. The molecule has 1 saturated heterocycles. The van der Waals surface area contributed by atoms with E-state index in [4.69, 9.17) is 16.3 Å². The third kappa shape index (κ3) is 3.36. The molecule has 1 aliphatic heterocycles. The van der Waals surface area contributed by atoms with Crippen LogP contribution in [0.15, 0.2) is 18.2 Å². The lowest BCUT2D eigenvalue weighted by atomic mass is 10.0. The molecule has 1 unspecified atom stereocenters. The van der Waals surface area contributed by atoms with Gasteiger partial charge in [0.15, 0.2) is 0 Å². The maximum atomic E-state index is 6.08.